The smallest absolute Gasteiger partial charge is 0.214 e. The van der Waals surface area contributed by atoms with Gasteiger partial charge >= 0.3 is 0 Å². The lowest BCUT2D eigenvalue weighted by Crippen LogP contribution is -2.46. The van der Waals surface area contributed by atoms with Gasteiger partial charge in [-0.3, -0.25) is 0 Å². The van der Waals surface area contributed by atoms with Crippen LogP contribution in [0.3, 0.4) is 0 Å². The van der Waals surface area contributed by atoms with Crippen LogP contribution in [-0.4, -0.2) is 37.6 Å². The average molecular weight is 310 g/mol. The number of rotatable bonds is 6. The highest BCUT2D eigenvalue weighted by Crippen LogP contribution is 2.26. The Balaban J connectivity index is 2.09. The fourth-order valence-electron chi connectivity index (χ4n) is 3.11. The number of hydrogen-bond donors (Lipinski definition) is 1. The third-order valence-corrected chi connectivity index (χ3v) is 6.38. The number of sulfonamides is 1. The third kappa shape index (κ3) is 4.28. The van der Waals surface area contributed by atoms with Crippen molar-refractivity contribution < 1.29 is 8.42 Å². The Labute approximate surface area is 128 Å². The molecule has 2 unspecified atom stereocenters. The molecule has 0 aliphatic carbocycles. The Morgan fingerprint density at radius 3 is 2.67 bits per heavy atom. The highest BCUT2D eigenvalue weighted by molar-refractivity contribution is 7.89. The summed E-state index contributed by atoms with van der Waals surface area (Å²) in [4.78, 5) is 0. The molecule has 21 heavy (non-hydrogen) atoms. The van der Waals surface area contributed by atoms with Gasteiger partial charge < -0.3 is 5.73 Å². The van der Waals surface area contributed by atoms with Crippen LogP contribution in [0.15, 0.2) is 30.3 Å². The van der Waals surface area contributed by atoms with E-state index in [1.807, 2.05) is 37.3 Å². The number of benzene rings is 1. The van der Waals surface area contributed by atoms with Crippen LogP contribution in [0.4, 0.5) is 0 Å². The van der Waals surface area contributed by atoms with E-state index < -0.39 is 10.0 Å². The minimum atomic E-state index is -3.22. The average Bonchev–Trinajstić information content (AvgIpc) is 2.48. The number of piperidine rings is 1. The second-order valence-electron chi connectivity index (χ2n) is 5.93. The Morgan fingerprint density at radius 1 is 1.29 bits per heavy atom. The molecule has 0 spiro atoms. The SMILES string of the molecule is CC(CS(=O)(=O)N1CCCCC1CCN)c1ccccc1. The molecule has 0 saturated carbocycles. The van der Waals surface area contributed by atoms with Crippen molar-refractivity contribution in [3.8, 4) is 0 Å². The molecule has 2 rings (SSSR count). The summed E-state index contributed by atoms with van der Waals surface area (Å²) in [7, 11) is -3.22. The van der Waals surface area contributed by atoms with E-state index in [1.165, 1.54) is 0 Å². The molecule has 1 aromatic carbocycles. The Bertz CT molecular complexity index is 528. The predicted octanol–water partition coefficient (Wildman–Crippen LogP) is 2.32. The predicted molar refractivity (Wildman–Crippen MR) is 86.7 cm³/mol. The van der Waals surface area contributed by atoms with Crippen LogP contribution in [0.1, 0.15) is 44.1 Å². The summed E-state index contributed by atoms with van der Waals surface area (Å²) in [6, 6.07) is 9.94. The van der Waals surface area contributed by atoms with E-state index in [4.69, 9.17) is 5.73 Å². The van der Waals surface area contributed by atoms with Crippen LogP contribution in [-0.2, 0) is 10.0 Å². The first kappa shape index (κ1) is 16.5. The van der Waals surface area contributed by atoms with Crippen LogP contribution in [0.5, 0.6) is 0 Å². The van der Waals surface area contributed by atoms with Gasteiger partial charge in [0.05, 0.1) is 5.75 Å². The number of hydrogen-bond acceptors (Lipinski definition) is 3. The molecule has 1 aliphatic rings. The summed E-state index contributed by atoms with van der Waals surface area (Å²) in [5.41, 5.74) is 6.71. The first-order chi connectivity index (χ1) is 10.0. The quantitative estimate of drug-likeness (QED) is 0.877. The van der Waals surface area contributed by atoms with Gasteiger partial charge in [-0.15, -0.1) is 0 Å². The van der Waals surface area contributed by atoms with Gasteiger partial charge in [-0.2, -0.15) is 4.31 Å². The lowest BCUT2D eigenvalue weighted by atomic mass is 10.0. The number of nitrogens with two attached hydrogens (primary N) is 1. The molecule has 2 N–H and O–H groups in total. The molecule has 0 bridgehead atoms. The summed E-state index contributed by atoms with van der Waals surface area (Å²) >= 11 is 0. The van der Waals surface area contributed by atoms with Crippen molar-refractivity contribution in [1.82, 2.24) is 4.31 Å². The monoisotopic (exact) mass is 310 g/mol. The van der Waals surface area contributed by atoms with Crippen LogP contribution in [0.25, 0.3) is 0 Å². The van der Waals surface area contributed by atoms with Crippen LogP contribution >= 0.6 is 0 Å². The highest BCUT2D eigenvalue weighted by Gasteiger charge is 2.32. The van der Waals surface area contributed by atoms with E-state index in [0.717, 1.165) is 31.2 Å². The van der Waals surface area contributed by atoms with Gasteiger partial charge in [0.25, 0.3) is 0 Å². The Kier molecular flexibility index (Phi) is 5.79. The second-order valence-corrected chi connectivity index (χ2v) is 7.89. The van der Waals surface area contributed by atoms with Crippen molar-refractivity contribution in [3.05, 3.63) is 35.9 Å². The molecule has 5 heteroatoms. The standard InChI is InChI=1S/C16H26N2O2S/c1-14(15-7-3-2-4-8-15)13-21(19,20)18-12-6-5-9-16(18)10-11-17/h2-4,7-8,14,16H,5-6,9-13,17H2,1H3. The molecule has 1 heterocycles. The maximum Gasteiger partial charge on any atom is 0.214 e. The molecular weight excluding hydrogens is 284 g/mol. The summed E-state index contributed by atoms with van der Waals surface area (Å²) < 4.78 is 27.2. The second kappa shape index (κ2) is 7.38. The molecule has 2 atom stereocenters. The molecule has 1 aromatic rings. The minimum Gasteiger partial charge on any atom is -0.330 e. The maximum atomic E-state index is 12.7. The molecule has 1 fully saturated rings. The van der Waals surface area contributed by atoms with Crippen molar-refractivity contribution in [2.24, 2.45) is 5.73 Å². The largest absolute Gasteiger partial charge is 0.330 e. The van der Waals surface area contributed by atoms with E-state index in [9.17, 15) is 8.42 Å². The van der Waals surface area contributed by atoms with Crippen LogP contribution in [0, 0.1) is 0 Å². The van der Waals surface area contributed by atoms with E-state index >= 15 is 0 Å². The zero-order valence-electron chi connectivity index (χ0n) is 12.7. The summed E-state index contributed by atoms with van der Waals surface area (Å²) in [5, 5.41) is 0. The molecule has 4 nitrogen and oxygen atoms in total. The number of nitrogens with zero attached hydrogens (tertiary/aromatic N) is 1. The first-order valence-electron chi connectivity index (χ1n) is 7.79. The minimum absolute atomic E-state index is 0.0108. The van der Waals surface area contributed by atoms with Gasteiger partial charge in [0.1, 0.15) is 0 Å². The lowest BCUT2D eigenvalue weighted by Gasteiger charge is -2.35. The Morgan fingerprint density at radius 2 is 2.00 bits per heavy atom. The van der Waals surface area contributed by atoms with E-state index in [1.54, 1.807) is 4.31 Å². The van der Waals surface area contributed by atoms with Crippen molar-refractivity contribution in [3.63, 3.8) is 0 Å². The van der Waals surface area contributed by atoms with Crippen molar-refractivity contribution in [1.29, 1.82) is 0 Å². The fourth-order valence-corrected chi connectivity index (χ4v) is 5.20. The summed E-state index contributed by atoms with van der Waals surface area (Å²) in [6.07, 6.45) is 3.76. The lowest BCUT2D eigenvalue weighted by molar-refractivity contribution is 0.243. The normalized spacial score (nSPS) is 22.1. The van der Waals surface area contributed by atoms with Gasteiger partial charge in [-0.1, -0.05) is 43.7 Å². The zero-order chi connectivity index (χ0) is 15.3. The van der Waals surface area contributed by atoms with E-state index in [2.05, 4.69) is 0 Å². The van der Waals surface area contributed by atoms with Gasteiger partial charge in [-0.25, -0.2) is 8.42 Å². The first-order valence-corrected chi connectivity index (χ1v) is 9.40. The van der Waals surface area contributed by atoms with Gasteiger partial charge in [0.2, 0.25) is 10.0 Å². The fraction of sp³-hybridized carbons (Fsp3) is 0.625. The Hall–Kier alpha value is -0.910. The van der Waals surface area contributed by atoms with Crippen molar-refractivity contribution in [2.45, 2.75) is 44.6 Å². The third-order valence-electron chi connectivity index (χ3n) is 4.26. The highest BCUT2D eigenvalue weighted by atomic mass is 32.2. The van der Waals surface area contributed by atoms with E-state index in [0.29, 0.717) is 13.1 Å². The summed E-state index contributed by atoms with van der Waals surface area (Å²) in [5.74, 6) is 0.189. The maximum absolute atomic E-state index is 12.7. The molecule has 1 saturated heterocycles. The van der Waals surface area contributed by atoms with Gasteiger partial charge in [0.15, 0.2) is 0 Å². The topological polar surface area (TPSA) is 63.4 Å². The van der Waals surface area contributed by atoms with Crippen molar-refractivity contribution >= 4 is 10.0 Å². The summed E-state index contributed by atoms with van der Waals surface area (Å²) in [6.45, 7) is 3.17. The van der Waals surface area contributed by atoms with Crippen LogP contribution in [0.2, 0.25) is 0 Å². The zero-order valence-corrected chi connectivity index (χ0v) is 13.6. The van der Waals surface area contributed by atoms with Gasteiger partial charge in [-0.05, 0) is 37.3 Å². The molecular formula is C16H26N2O2S. The van der Waals surface area contributed by atoms with Gasteiger partial charge in [0, 0.05) is 12.6 Å². The van der Waals surface area contributed by atoms with E-state index in [-0.39, 0.29) is 17.7 Å². The van der Waals surface area contributed by atoms with Crippen molar-refractivity contribution in [2.75, 3.05) is 18.8 Å². The molecule has 0 radical (unpaired) electrons. The molecule has 1 aliphatic heterocycles. The molecule has 0 aromatic heterocycles. The molecule has 118 valence electrons. The molecule has 0 amide bonds. The van der Waals surface area contributed by atoms with Crippen LogP contribution < -0.4 is 5.73 Å².